The lowest BCUT2D eigenvalue weighted by Crippen LogP contribution is -2.16. The van der Waals surface area contributed by atoms with Crippen LogP contribution in [0.15, 0.2) is 24.3 Å². The van der Waals surface area contributed by atoms with E-state index in [2.05, 4.69) is 28.1 Å². The molecule has 0 bridgehead atoms. The number of halogens is 1. The van der Waals surface area contributed by atoms with Crippen molar-refractivity contribution in [3.63, 3.8) is 0 Å². The molecule has 1 aliphatic rings. The predicted octanol–water partition coefficient (Wildman–Crippen LogP) is 4.73. The van der Waals surface area contributed by atoms with E-state index in [0.29, 0.717) is 0 Å². The average molecular weight is 327 g/mol. The quantitative estimate of drug-likeness (QED) is 0.703. The molecular weight excluding hydrogens is 304 g/mol. The Bertz CT molecular complexity index is 375. The molecule has 0 saturated heterocycles. The van der Waals surface area contributed by atoms with Gasteiger partial charge < -0.3 is 9.47 Å². The number of rotatable bonds is 6. The first-order valence-corrected chi connectivity index (χ1v) is 8.27. The zero-order valence-corrected chi connectivity index (χ0v) is 13.2. The minimum absolute atomic E-state index is 0.122. The normalized spacial score (nSPS) is 18.2. The lowest BCUT2D eigenvalue weighted by Gasteiger charge is -2.24. The van der Waals surface area contributed by atoms with Crippen LogP contribution in [0.3, 0.4) is 0 Å². The number of hydrogen-bond donors (Lipinski definition) is 0. The summed E-state index contributed by atoms with van der Waals surface area (Å²) in [7, 11) is 1.70. The van der Waals surface area contributed by atoms with Crippen LogP contribution < -0.4 is 4.74 Å². The number of hydrogen-bond acceptors (Lipinski definition) is 2. The summed E-state index contributed by atoms with van der Waals surface area (Å²) in [6.45, 7) is 0.882. The van der Waals surface area contributed by atoms with Gasteiger partial charge in [-0.15, -0.1) is 0 Å². The second-order valence-corrected chi connectivity index (χ2v) is 5.90. The molecule has 0 amide bonds. The van der Waals surface area contributed by atoms with Gasteiger partial charge in [0.25, 0.3) is 0 Å². The molecule has 1 aliphatic carbocycles. The third-order valence-corrected chi connectivity index (χ3v) is 4.45. The summed E-state index contributed by atoms with van der Waals surface area (Å²) in [4.78, 5) is 0. The first-order chi connectivity index (χ1) is 9.33. The van der Waals surface area contributed by atoms with Gasteiger partial charge in [-0.1, -0.05) is 47.3 Å². The van der Waals surface area contributed by atoms with Crippen LogP contribution in [0.2, 0.25) is 0 Å². The van der Waals surface area contributed by atoms with Crippen LogP contribution in [0.4, 0.5) is 0 Å². The Hall–Kier alpha value is -0.540. The molecule has 106 valence electrons. The van der Waals surface area contributed by atoms with Crippen LogP contribution in [0.1, 0.15) is 43.8 Å². The van der Waals surface area contributed by atoms with Crippen molar-refractivity contribution in [3.05, 3.63) is 29.8 Å². The lowest BCUT2D eigenvalue weighted by molar-refractivity contribution is 0.0335. The topological polar surface area (TPSA) is 18.5 Å². The van der Waals surface area contributed by atoms with Crippen LogP contribution in [-0.2, 0) is 4.74 Å². The maximum absolute atomic E-state index is 6.11. The highest BCUT2D eigenvalue weighted by Gasteiger charge is 2.17. The molecule has 0 heterocycles. The third kappa shape index (κ3) is 4.50. The molecule has 1 saturated carbocycles. The molecule has 1 aromatic rings. The van der Waals surface area contributed by atoms with Crippen LogP contribution >= 0.6 is 15.9 Å². The molecule has 1 unspecified atom stereocenters. The van der Waals surface area contributed by atoms with Crippen molar-refractivity contribution < 1.29 is 9.47 Å². The number of alkyl halides is 1. The molecule has 19 heavy (non-hydrogen) atoms. The highest BCUT2D eigenvalue weighted by Crippen LogP contribution is 2.28. The molecule has 1 atom stereocenters. The van der Waals surface area contributed by atoms with Crippen molar-refractivity contribution in [3.8, 4) is 5.75 Å². The summed E-state index contributed by atoms with van der Waals surface area (Å²) in [5.74, 6) is 1.64. The van der Waals surface area contributed by atoms with Crippen molar-refractivity contribution >= 4 is 15.9 Å². The second kappa shape index (κ2) is 7.91. The van der Waals surface area contributed by atoms with Gasteiger partial charge in [-0.25, -0.2) is 0 Å². The van der Waals surface area contributed by atoms with Crippen molar-refractivity contribution in [2.24, 2.45) is 5.92 Å². The molecule has 0 N–H and O–H groups in total. The largest absolute Gasteiger partial charge is 0.497 e. The Morgan fingerprint density at radius 3 is 2.74 bits per heavy atom. The van der Waals surface area contributed by atoms with Gasteiger partial charge >= 0.3 is 0 Å². The zero-order chi connectivity index (χ0) is 13.5. The number of ether oxygens (including phenoxy) is 2. The first kappa shape index (κ1) is 14.9. The molecule has 0 radical (unpaired) electrons. The van der Waals surface area contributed by atoms with Gasteiger partial charge in [0.2, 0.25) is 0 Å². The van der Waals surface area contributed by atoms with E-state index in [-0.39, 0.29) is 6.10 Å². The fourth-order valence-corrected chi connectivity index (χ4v) is 3.24. The Morgan fingerprint density at radius 2 is 2.05 bits per heavy atom. The highest BCUT2D eigenvalue weighted by atomic mass is 79.9. The Balaban J connectivity index is 1.91. The average Bonchev–Trinajstić information content (AvgIpc) is 2.49. The van der Waals surface area contributed by atoms with E-state index in [9.17, 15) is 0 Å². The fourth-order valence-electron chi connectivity index (χ4n) is 2.68. The minimum atomic E-state index is 0.122. The molecule has 0 aliphatic heterocycles. The van der Waals surface area contributed by atoms with Gasteiger partial charge in [-0.3, -0.25) is 0 Å². The zero-order valence-electron chi connectivity index (χ0n) is 11.6. The lowest BCUT2D eigenvalue weighted by atomic mass is 9.90. The first-order valence-electron chi connectivity index (χ1n) is 7.15. The van der Waals surface area contributed by atoms with Crippen molar-refractivity contribution in [1.29, 1.82) is 0 Å². The van der Waals surface area contributed by atoms with Crippen molar-refractivity contribution in [2.45, 2.75) is 38.2 Å². The standard InChI is InChI=1S/C16H23BrO2/c1-18-15-9-5-8-14(10-15)16(11-17)19-12-13-6-3-2-4-7-13/h5,8-10,13,16H,2-4,6-7,11-12H2,1H3. The smallest absolute Gasteiger partial charge is 0.119 e. The molecular formula is C16H23BrO2. The Morgan fingerprint density at radius 1 is 1.26 bits per heavy atom. The maximum atomic E-state index is 6.11. The maximum Gasteiger partial charge on any atom is 0.119 e. The monoisotopic (exact) mass is 326 g/mol. The molecule has 0 aromatic heterocycles. The molecule has 2 rings (SSSR count). The summed E-state index contributed by atoms with van der Waals surface area (Å²) in [5, 5.41) is 0.826. The molecule has 1 aromatic carbocycles. The SMILES string of the molecule is COc1cccc(C(CBr)OCC2CCCCC2)c1. The van der Waals surface area contributed by atoms with E-state index in [1.165, 1.54) is 37.7 Å². The minimum Gasteiger partial charge on any atom is -0.497 e. The summed E-state index contributed by atoms with van der Waals surface area (Å²) in [5.41, 5.74) is 1.19. The van der Waals surface area contributed by atoms with Crippen LogP contribution in [0.5, 0.6) is 5.75 Å². The van der Waals surface area contributed by atoms with Crippen molar-refractivity contribution in [1.82, 2.24) is 0 Å². The molecule has 3 heteroatoms. The summed E-state index contributed by atoms with van der Waals surface area (Å²) in [6.07, 6.45) is 6.91. The predicted molar refractivity (Wildman–Crippen MR) is 82.1 cm³/mol. The molecule has 0 spiro atoms. The molecule has 2 nitrogen and oxygen atoms in total. The van der Waals surface area contributed by atoms with Crippen LogP contribution in [-0.4, -0.2) is 19.0 Å². The van der Waals surface area contributed by atoms with E-state index in [1.54, 1.807) is 7.11 Å². The van der Waals surface area contributed by atoms with Crippen molar-refractivity contribution in [2.75, 3.05) is 19.0 Å². The fraction of sp³-hybridized carbons (Fsp3) is 0.625. The van der Waals surface area contributed by atoms with E-state index >= 15 is 0 Å². The number of benzene rings is 1. The van der Waals surface area contributed by atoms with Gasteiger partial charge in [0, 0.05) is 5.33 Å². The highest BCUT2D eigenvalue weighted by molar-refractivity contribution is 9.09. The van der Waals surface area contributed by atoms with Gasteiger partial charge in [0.05, 0.1) is 19.8 Å². The van der Waals surface area contributed by atoms with E-state index in [4.69, 9.17) is 9.47 Å². The van der Waals surface area contributed by atoms with Crippen LogP contribution in [0, 0.1) is 5.92 Å². The van der Waals surface area contributed by atoms with Gasteiger partial charge in [-0.2, -0.15) is 0 Å². The molecule has 1 fully saturated rings. The van der Waals surface area contributed by atoms with Gasteiger partial charge in [-0.05, 0) is 36.5 Å². The second-order valence-electron chi connectivity index (χ2n) is 5.26. The van der Waals surface area contributed by atoms with E-state index in [1.807, 2.05) is 12.1 Å². The van der Waals surface area contributed by atoms with E-state index < -0.39 is 0 Å². The van der Waals surface area contributed by atoms with Gasteiger partial charge in [0.15, 0.2) is 0 Å². The van der Waals surface area contributed by atoms with Crippen LogP contribution in [0.25, 0.3) is 0 Å². The Kier molecular flexibility index (Phi) is 6.18. The van der Waals surface area contributed by atoms with Gasteiger partial charge in [0.1, 0.15) is 5.75 Å². The van der Waals surface area contributed by atoms with E-state index in [0.717, 1.165) is 23.6 Å². The Labute approximate surface area is 124 Å². The summed E-state index contributed by atoms with van der Waals surface area (Å²) < 4.78 is 11.4. The summed E-state index contributed by atoms with van der Waals surface area (Å²) in [6, 6.07) is 8.16. The third-order valence-electron chi connectivity index (χ3n) is 3.86. The summed E-state index contributed by atoms with van der Waals surface area (Å²) >= 11 is 3.56. The number of methoxy groups -OCH3 is 1.